The van der Waals surface area contributed by atoms with E-state index in [-0.39, 0.29) is 6.61 Å². The highest BCUT2D eigenvalue weighted by Gasteiger charge is 2.13. The summed E-state index contributed by atoms with van der Waals surface area (Å²) in [4.78, 5) is 31.4. The Kier molecular flexibility index (Phi) is 5.18. The number of carboxylic acids is 1. The van der Waals surface area contributed by atoms with Gasteiger partial charge in [-0.15, -0.1) is 0 Å². The van der Waals surface area contributed by atoms with E-state index in [1.165, 1.54) is 6.08 Å². The standard InChI is InChI=1S/C8H10O5/c1-2-3-13-8(12)5-6(9)4-7(10)11/h2H,1,3-5H2,(H,10,11). The molecule has 0 rings (SSSR count). The third kappa shape index (κ3) is 6.74. The number of aliphatic carboxylic acids is 1. The Balaban J connectivity index is 3.71. The number of ketones is 1. The molecule has 0 unspecified atom stereocenters. The van der Waals surface area contributed by atoms with Crippen molar-refractivity contribution >= 4 is 17.7 Å². The molecule has 0 saturated carbocycles. The van der Waals surface area contributed by atoms with Crippen LogP contribution in [0.1, 0.15) is 12.8 Å². The minimum Gasteiger partial charge on any atom is -0.481 e. The van der Waals surface area contributed by atoms with Crippen LogP contribution in [0, 0.1) is 0 Å². The van der Waals surface area contributed by atoms with Gasteiger partial charge >= 0.3 is 11.9 Å². The molecule has 0 heterocycles. The summed E-state index contributed by atoms with van der Waals surface area (Å²) >= 11 is 0. The zero-order valence-electron chi connectivity index (χ0n) is 6.99. The fourth-order valence-corrected chi connectivity index (χ4v) is 0.595. The monoisotopic (exact) mass is 186 g/mol. The topological polar surface area (TPSA) is 80.7 Å². The number of Topliss-reactive ketones (excluding diaryl/α,β-unsaturated/α-hetero) is 1. The number of rotatable bonds is 6. The molecular weight excluding hydrogens is 176 g/mol. The Morgan fingerprint density at radius 2 is 1.92 bits per heavy atom. The maximum atomic E-state index is 10.7. The van der Waals surface area contributed by atoms with E-state index >= 15 is 0 Å². The number of carboxylic acid groups (broad SMARTS) is 1. The summed E-state index contributed by atoms with van der Waals surface area (Å²) in [6, 6.07) is 0. The normalized spacial score (nSPS) is 8.92. The first-order valence-corrected chi connectivity index (χ1v) is 3.56. The van der Waals surface area contributed by atoms with Crippen LogP contribution in [0.25, 0.3) is 0 Å². The van der Waals surface area contributed by atoms with Crippen LogP contribution in [0.3, 0.4) is 0 Å². The molecule has 0 bridgehead atoms. The van der Waals surface area contributed by atoms with Gasteiger partial charge in [0, 0.05) is 0 Å². The predicted molar refractivity (Wildman–Crippen MR) is 43.0 cm³/mol. The first-order chi connectivity index (χ1) is 6.06. The van der Waals surface area contributed by atoms with E-state index in [2.05, 4.69) is 11.3 Å². The van der Waals surface area contributed by atoms with Gasteiger partial charge in [0.2, 0.25) is 0 Å². The Labute approximate surface area is 75.0 Å². The zero-order chi connectivity index (χ0) is 10.3. The van der Waals surface area contributed by atoms with E-state index in [1.807, 2.05) is 0 Å². The molecule has 1 N–H and O–H groups in total. The minimum atomic E-state index is -1.25. The van der Waals surface area contributed by atoms with Crippen molar-refractivity contribution < 1.29 is 24.2 Å². The number of carbonyl (C=O) groups excluding carboxylic acids is 2. The maximum Gasteiger partial charge on any atom is 0.313 e. The lowest BCUT2D eigenvalue weighted by Crippen LogP contribution is -2.14. The average molecular weight is 186 g/mol. The molecule has 0 aromatic rings. The van der Waals surface area contributed by atoms with Gasteiger partial charge in [-0.3, -0.25) is 14.4 Å². The molecule has 5 nitrogen and oxygen atoms in total. The van der Waals surface area contributed by atoms with Crippen LogP contribution >= 0.6 is 0 Å². The van der Waals surface area contributed by atoms with Crippen LogP contribution in [0.5, 0.6) is 0 Å². The van der Waals surface area contributed by atoms with Gasteiger partial charge in [0.15, 0.2) is 5.78 Å². The largest absolute Gasteiger partial charge is 0.481 e. The van der Waals surface area contributed by atoms with E-state index in [0.717, 1.165) is 0 Å². The quantitative estimate of drug-likeness (QED) is 0.363. The van der Waals surface area contributed by atoms with E-state index in [1.54, 1.807) is 0 Å². The van der Waals surface area contributed by atoms with Gasteiger partial charge in [-0.05, 0) is 0 Å². The zero-order valence-corrected chi connectivity index (χ0v) is 6.99. The fraction of sp³-hybridized carbons (Fsp3) is 0.375. The van der Waals surface area contributed by atoms with Crippen molar-refractivity contribution in [1.29, 1.82) is 0 Å². The molecule has 0 fully saturated rings. The van der Waals surface area contributed by atoms with Crippen LogP contribution in [0.15, 0.2) is 12.7 Å². The molecule has 0 radical (unpaired) electrons. The second-order valence-electron chi connectivity index (χ2n) is 2.26. The number of ether oxygens (including phenoxy) is 1. The van der Waals surface area contributed by atoms with Gasteiger partial charge in [-0.25, -0.2) is 0 Å². The molecule has 0 aromatic heterocycles. The predicted octanol–water partition coefficient (Wildman–Crippen LogP) is 0.149. The molecule has 0 amide bonds. The van der Waals surface area contributed by atoms with Gasteiger partial charge in [0.05, 0.1) is 0 Å². The summed E-state index contributed by atoms with van der Waals surface area (Å²) in [5, 5.41) is 8.18. The van der Waals surface area contributed by atoms with Crippen molar-refractivity contribution in [2.75, 3.05) is 6.61 Å². The second kappa shape index (κ2) is 5.93. The molecule has 0 aliphatic heterocycles. The Morgan fingerprint density at radius 3 is 2.38 bits per heavy atom. The van der Waals surface area contributed by atoms with Crippen molar-refractivity contribution in [3.05, 3.63) is 12.7 Å². The van der Waals surface area contributed by atoms with Gasteiger partial charge in [0.25, 0.3) is 0 Å². The summed E-state index contributed by atoms with van der Waals surface area (Å²) in [6.07, 6.45) is 0.211. The van der Waals surface area contributed by atoms with E-state index in [0.29, 0.717) is 0 Å². The molecule has 72 valence electrons. The second-order valence-corrected chi connectivity index (χ2v) is 2.26. The first kappa shape index (κ1) is 11.4. The molecule has 0 aromatic carbocycles. The van der Waals surface area contributed by atoms with E-state index < -0.39 is 30.6 Å². The third-order valence-electron chi connectivity index (χ3n) is 1.05. The van der Waals surface area contributed by atoms with Crippen molar-refractivity contribution in [3.63, 3.8) is 0 Å². The van der Waals surface area contributed by atoms with Crippen molar-refractivity contribution in [2.24, 2.45) is 0 Å². The molecule has 0 atom stereocenters. The SMILES string of the molecule is C=CCOC(=O)CC(=O)CC(=O)O. The fourth-order valence-electron chi connectivity index (χ4n) is 0.595. The lowest BCUT2D eigenvalue weighted by molar-refractivity contribution is -0.146. The van der Waals surface area contributed by atoms with Crippen LogP contribution < -0.4 is 0 Å². The van der Waals surface area contributed by atoms with Crippen LogP contribution in [0.2, 0.25) is 0 Å². The molecule has 0 spiro atoms. The van der Waals surface area contributed by atoms with E-state index in [4.69, 9.17) is 5.11 Å². The molecule has 13 heavy (non-hydrogen) atoms. The third-order valence-corrected chi connectivity index (χ3v) is 1.05. The Morgan fingerprint density at radius 1 is 1.31 bits per heavy atom. The van der Waals surface area contributed by atoms with Crippen molar-refractivity contribution in [1.82, 2.24) is 0 Å². The van der Waals surface area contributed by atoms with Gasteiger partial charge in [-0.2, -0.15) is 0 Å². The number of hydrogen-bond donors (Lipinski definition) is 1. The molecular formula is C8H10O5. The summed E-state index contributed by atoms with van der Waals surface area (Å²) in [6.45, 7) is 3.33. The summed E-state index contributed by atoms with van der Waals surface area (Å²) in [5.41, 5.74) is 0. The smallest absolute Gasteiger partial charge is 0.313 e. The van der Waals surface area contributed by atoms with Gasteiger partial charge in [-0.1, -0.05) is 12.7 Å². The van der Waals surface area contributed by atoms with Crippen molar-refractivity contribution in [3.8, 4) is 0 Å². The minimum absolute atomic E-state index is 0.0270. The highest BCUT2D eigenvalue weighted by atomic mass is 16.5. The summed E-state index contributed by atoms with van der Waals surface area (Å²) < 4.78 is 4.47. The van der Waals surface area contributed by atoms with Crippen molar-refractivity contribution in [2.45, 2.75) is 12.8 Å². The highest BCUT2D eigenvalue weighted by molar-refractivity contribution is 6.03. The number of carbonyl (C=O) groups is 3. The first-order valence-electron chi connectivity index (χ1n) is 3.56. The lowest BCUT2D eigenvalue weighted by Gasteiger charge is -1.99. The van der Waals surface area contributed by atoms with E-state index in [9.17, 15) is 14.4 Å². The molecule has 0 aliphatic rings. The molecule has 0 aliphatic carbocycles. The average Bonchev–Trinajstić information content (AvgIpc) is 1.98. The number of hydrogen-bond acceptors (Lipinski definition) is 4. The Hall–Kier alpha value is -1.65. The Bertz CT molecular complexity index is 231. The van der Waals surface area contributed by atoms with Gasteiger partial charge in [0.1, 0.15) is 19.4 Å². The summed E-state index contributed by atoms with van der Waals surface area (Å²) in [7, 11) is 0. The van der Waals surface area contributed by atoms with Crippen LogP contribution in [-0.2, 0) is 19.1 Å². The van der Waals surface area contributed by atoms with Crippen LogP contribution in [0.4, 0.5) is 0 Å². The van der Waals surface area contributed by atoms with Crippen LogP contribution in [-0.4, -0.2) is 29.4 Å². The highest BCUT2D eigenvalue weighted by Crippen LogP contribution is 1.93. The van der Waals surface area contributed by atoms with Gasteiger partial charge < -0.3 is 9.84 Å². The maximum absolute atomic E-state index is 10.7. The summed E-state index contributed by atoms with van der Waals surface area (Å²) in [5.74, 6) is -2.64. The molecule has 5 heteroatoms. The molecule has 0 saturated heterocycles. The lowest BCUT2D eigenvalue weighted by atomic mass is 10.2. The number of esters is 1.